The summed E-state index contributed by atoms with van der Waals surface area (Å²) in [5.41, 5.74) is 20.1. The second-order valence-electron chi connectivity index (χ2n) is 9.68. The van der Waals surface area contributed by atoms with Crippen molar-refractivity contribution in [2.45, 2.75) is 19.3 Å². The first-order valence-corrected chi connectivity index (χ1v) is 12.0. The fourth-order valence-electron chi connectivity index (χ4n) is 5.72. The van der Waals surface area contributed by atoms with E-state index in [1.165, 1.54) is 0 Å². The van der Waals surface area contributed by atoms with E-state index in [2.05, 4.69) is 23.7 Å². The van der Waals surface area contributed by atoms with Gasteiger partial charge in [0.05, 0.1) is 16.8 Å². The van der Waals surface area contributed by atoms with E-state index in [0.717, 1.165) is 33.4 Å². The molecule has 0 radical (unpaired) electrons. The number of terminal acetylenes is 4. The molecule has 0 atom stereocenters. The van der Waals surface area contributed by atoms with Crippen LogP contribution in [-0.4, -0.2) is 10.2 Å². The van der Waals surface area contributed by atoms with E-state index in [4.69, 9.17) is 37.2 Å². The molecule has 0 unspecified atom stereocenters. The lowest BCUT2D eigenvalue weighted by Crippen LogP contribution is -2.29. The molecule has 0 spiro atoms. The van der Waals surface area contributed by atoms with Crippen LogP contribution >= 0.6 is 0 Å². The summed E-state index contributed by atoms with van der Waals surface area (Å²) in [7, 11) is 0. The minimum absolute atomic E-state index is 0.00673. The van der Waals surface area contributed by atoms with Crippen LogP contribution in [-0.2, 0) is 5.41 Å². The second-order valence-corrected chi connectivity index (χ2v) is 9.68. The van der Waals surface area contributed by atoms with Gasteiger partial charge < -0.3 is 21.7 Å². The molecule has 39 heavy (non-hydrogen) atoms. The van der Waals surface area contributed by atoms with Crippen LogP contribution in [0.15, 0.2) is 48.5 Å². The van der Waals surface area contributed by atoms with E-state index in [9.17, 15) is 10.2 Å². The van der Waals surface area contributed by atoms with E-state index in [1.54, 1.807) is 26.0 Å². The second kappa shape index (κ2) is 8.71. The molecule has 0 saturated heterocycles. The zero-order valence-corrected chi connectivity index (χ0v) is 21.5. The highest BCUT2D eigenvalue weighted by molar-refractivity contribution is 5.90. The van der Waals surface area contributed by atoms with Crippen LogP contribution in [0.3, 0.4) is 0 Å². The number of fused-ring (bicyclic) bond motifs is 3. The van der Waals surface area contributed by atoms with Crippen molar-refractivity contribution in [1.82, 2.24) is 0 Å². The summed E-state index contributed by atoms with van der Waals surface area (Å²) in [6.07, 6.45) is 23.5. The number of rotatable bonds is 2. The van der Waals surface area contributed by atoms with Crippen LogP contribution in [0.25, 0.3) is 11.1 Å². The van der Waals surface area contributed by atoms with Gasteiger partial charge in [-0.15, -0.1) is 25.7 Å². The molecule has 0 aromatic heterocycles. The van der Waals surface area contributed by atoms with Crippen molar-refractivity contribution >= 4 is 11.4 Å². The normalized spacial score (nSPS) is 12.4. The van der Waals surface area contributed by atoms with Gasteiger partial charge in [0.25, 0.3) is 0 Å². The first-order valence-electron chi connectivity index (χ1n) is 12.0. The maximum Gasteiger partial charge on any atom is 0.141 e. The number of aromatic hydroxyl groups is 2. The molecule has 1 aliphatic carbocycles. The number of nitrogen functional groups attached to an aromatic ring is 2. The number of hydrogen-bond acceptors (Lipinski definition) is 4. The van der Waals surface area contributed by atoms with Gasteiger partial charge in [-0.2, -0.15) is 0 Å². The predicted molar refractivity (Wildman–Crippen MR) is 157 cm³/mol. The highest BCUT2D eigenvalue weighted by atomic mass is 16.3. The van der Waals surface area contributed by atoms with Crippen molar-refractivity contribution in [2.75, 3.05) is 11.5 Å². The van der Waals surface area contributed by atoms with E-state index < -0.39 is 5.41 Å². The average molecular weight is 505 g/mol. The average Bonchev–Trinajstić information content (AvgIpc) is 3.21. The van der Waals surface area contributed by atoms with Crippen molar-refractivity contribution in [3.8, 4) is 72.0 Å². The third kappa shape index (κ3) is 3.34. The van der Waals surface area contributed by atoms with Crippen molar-refractivity contribution in [3.05, 3.63) is 104 Å². The first kappa shape index (κ1) is 25.0. The van der Waals surface area contributed by atoms with Crippen LogP contribution < -0.4 is 11.5 Å². The molecule has 0 aliphatic heterocycles. The largest absolute Gasteiger partial charge is 0.506 e. The maximum atomic E-state index is 10.6. The Morgan fingerprint density at radius 1 is 0.564 bits per heavy atom. The molecule has 6 N–H and O–H groups in total. The Morgan fingerprint density at radius 3 is 1.21 bits per heavy atom. The van der Waals surface area contributed by atoms with Crippen molar-refractivity contribution < 1.29 is 10.2 Å². The summed E-state index contributed by atoms with van der Waals surface area (Å²) in [4.78, 5) is 0. The van der Waals surface area contributed by atoms with Gasteiger partial charge in [-0.3, -0.25) is 0 Å². The first-order chi connectivity index (χ1) is 18.6. The minimum atomic E-state index is -1.05. The van der Waals surface area contributed by atoms with Crippen molar-refractivity contribution in [2.24, 2.45) is 0 Å². The fraction of sp³-hybridized carbons (Fsp3) is 0.0857. The molecule has 0 fully saturated rings. The summed E-state index contributed by atoms with van der Waals surface area (Å²) in [5.74, 6) is 10.8. The summed E-state index contributed by atoms with van der Waals surface area (Å²) < 4.78 is 0. The molecule has 0 heterocycles. The predicted octanol–water partition coefficient (Wildman–Crippen LogP) is 5.17. The quantitative estimate of drug-likeness (QED) is 0.152. The molecule has 4 aromatic carbocycles. The van der Waals surface area contributed by atoms with Gasteiger partial charge in [0, 0.05) is 22.3 Å². The van der Waals surface area contributed by atoms with Gasteiger partial charge in [0.2, 0.25) is 0 Å². The molecule has 4 nitrogen and oxygen atoms in total. The minimum Gasteiger partial charge on any atom is -0.506 e. The molecule has 0 bridgehead atoms. The zero-order chi connectivity index (χ0) is 28.2. The Morgan fingerprint density at radius 2 is 0.897 bits per heavy atom. The molecule has 4 heteroatoms. The van der Waals surface area contributed by atoms with Crippen molar-refractivity contribution in [3.63, 3.8) is 0 Å². The Balaban J connectivity index is 2.11. The highest BCUT2D eigenvalue weighted by Gasteiger charge is 2.48. The van der Waals surface area contributed by atoms with Crippen LogP contribution in [0.5, 0.6) is 11.5 Å². The molecular weight excluding hydrogens is 480 g/mol. The number of aryl methyl sites for hydroxylation is 2. The highest BCUT2D eigenvalue weighted by Crippen LogP contribution is 2.58. The smallest absolute Gasteiger partial charge is 0.141 e. The van der Waals surface area contributed by atoms with Gasteiger partial charge in [-0.05, 0) is 94.8 Å². The summed E-state index contributed by atoms with van der Waals surface area (Å²) >= 11 is 0. The van der Waals surface area contributed by atoms with E-state index >= 15 is 0 Å². The molecule has 0 saturated carbocycles. The fourth-order valence-corrected chi connectivity index (χ4v) is 5.72. The van der Waals surface area contributed by atoms with Crippen LogP contribution in [0.1, 0.15) is 55.6 Å². The molecule has 1 aliphatic rings. The monoisotopic (exact) mass is 504 g/mol. The van der Waals surface area contributed by atoms with E-state index in [-0.39, 0.29) is 22.9 Å². The Bertz CT molecular complexity index is 1730. The Hall–Kier alpha value is -5.68. The van der Waals surface area contributed by atoms with E-state index in [1.807, 2.05) is 36.4 Å². The van der Waals surface area contributed by atoms with Gasteiger partial charge in [-0.1, -0.05) is 35.8 Å². The zero-order valence-electron chi connectivity index (χ0n) is 21.5. The molecular formula is C35H24N2O2. The summed E-state index contributed by atoms with van der Waals surface area (Å²) in [6.45, 7) is 3.55. The topological polar surface area (TPSA) is 92.5 Å². The number of phenols is 2. The van der Waals surface area contributed by atoms with Crippen LogP contribution in [0, 0.1) is 63.2 Å². The lowest BCUT2D eigenvalue weighted by molar-refractivity contribution is 0.473. The number of nitrogens with two attached hydrogens (primary N) is 2. The SMILES string of the molecule is C#Cc1cc2c(cc1C#C)C(c1cc(C)c(O)c(N)c1)(c1cc(C)c(O)c(N)c1)c1cc(C#C)c(C#C)cc1-2. The van der Waals surface area contributed by atoms with Gasteiger partial charge in [0.15, 0.2) is 0 Å². The number of benzene rings is 4. The number of anilines is 2. The third-order valence-corrected chi connectivity index (χ3v) is 7.56. The standard InChI is InChI=1S/C35H24N2O2/c1-7-21-13-27-28-14-22(8-2)24(10-4)16-30(28)35(29(27)15-23(21)9-3,25-11-19(5)33(38)31(36)17-25)26-12-20(6)34(39)32(37)18-26/h1-4,11-18,38-39H,36-37H2,5-6H3. The molecule has 4 aromatic rings. The Labute approximate surface area is 228 Å². The Kier molecular flexibility index (Phi) is 5.58. The molecule has 0 amide bonds. The number of phenolic OH excluding ortho intramolecular Hbond substituents is 2. The lowest BCUT2D eigenvalue weighted by Gasteiger charge is -2.35. The molecule has 186 valence electrons. The van der Waals surface area contributed by atoms with Crippen LogP contribution in [0.2, 0.25) is 0 Å². The summed E-state index contributed by atoms with van der Waals surface area (Å²) in [6, 6.07) is 14.8. The maximum absolute atomic E-state index is 10.6. The van der Waals surface area contributed by atoms with E-state index in [0.29, 0.717) is 33.4 Å². The number of hydrogen-bond donors (Lipinski definition) is 4. The summed E-state index contributed by atoms with van der Waals surface area (Å²) in [5, 5.41) is 21.1. The van der Waals surface area contributed by atoms with Gasteiger partial charge in [-0.25, -0.2) is 0 Å². The third-order valence-electron chi connectivity index (χ3n) is 7.56. The molecule has 5 rings (SSSR count). The van der Waals surface area contributed by atoms with Gasteiger partial charge in [0.1, 0.15) is 11.5 Å². The van der Waals surface area contributed by atoms with Gasteiger partial charge >= 0.3 is 0 Å². The van der Waals surface area contributed by atoms with Crippen LogP contribution in [0.4, 0.5) is 11.4 Å². The lowest BCUT2D eigenvalue weighted by atomic mass is 9.66. The van der Waals surface area contributed by atoms with Crippen molar-refractivity contribution in [1.29, 1.82) is 0 Å².